The minimum atomic E-state index is -1.05. The number of halogens is 1. The summed E-state index contributed by atoms with van der Waals surface area (Å²) in [5.41, 5.74) is 3.83. The normalized spacial score (nSPS) is 12.9. The maximum absolute atomic E-state index is 14.6. The average molecular weight is 477 g/mol. The number of fused-ring (bicyclic) bond motifs is 3. The third-order valence-electron chi connectivity index (χ3n) is 6.13. The van der Waals surface area contributed by atoms with E-state index in [-0.39, 0.29) is 30.3 Å². The number of nitrogens with zero attached hydrogens (tertiary/aromatic N) is 1. The number of carbonyl (C=O) groups excluding carboxylic acids is 2. The van der Waals surface area contributed by atoms with Gasteiger partial charge in [0.15, 0.2) is 0 Å². The van der Waals surface area contributed by atoms with Crippen LogP contribution in [0.3, 0.4) is 0 Å². The fraction of sp³-hybridized carbons (Fsp3) is 0.222. The van der Waals surface area contributed by atoms with Crippen molar-refractivity contribution in [1.29, 1.82) is 0 Å². The third kappa shape index (κ3) is 4.87. The van der Waals surface area contributed by atoms with Gasteiger partial charge in [-0.25, -0.2) is 9.18 Å². The summed E-state index contributed by atoms with van der Waals surface area (Å²) in [6.45, 7) is 1.43. The first-order valence-corrected chi connectivity index (χ1v) is 11.2. The number of hydrogen-bond acceptors (Lipinski definition) is 4. The molecule has 0 aromatic heterocycles. The Hall–Kier alpha value is -4.20. The van der Waals surface area contributed by atoms with Crippen molar-refractivity contribution in [2.75, 3.05) is 25.5 Å². The summed E-state index contributed by atoms with van der Waals surface area (Å²) >= 11 is 0. The lowest BCUT2D eigenvalue weighted by Crippen LogP contribution is -2.34. The number of ether oxygens (including phenoxy) is 1. The zero-order valence-electron chi connectivity index (χ0n) is 19.3. The van der Waals surface area contributed by atoms with Crippen molar-refractivity contribution in [2.24, 2.45) is 5.92 Å². The molecule has 35 heavy (non-hydrogen) atoms. The number of aliphatic carboxylic acids is 1. The first-order valence-electron chi connectivity index (χ1n) is 11.2. The highest BCUT2D eigenvalue weighted by Gasteiger charge is 2.29. The van der Waals surface area contributed by atoms with Crippen molar-refractivity contribution in [3.05, 3.63) is 89.2 Å². The van der Waals surface area contributed by atoms with Crippen molar-refractivity contribution >= 4 is 23.7 Å². The summed E-state index contributed by atoms with van der Waals surface area (Å²) in [4.78, 5) is 37.8. The van der Waals surface area contributed by atoms with Crippen LogP contribution in [0.1, 0.15) is 34.3 Å². The fourth-order valence-corrected chi connectivity index (χ4v) is 4.34. The molecule has 8 heteroatoms. The van der Waals surface area contributed by atoms with Gasteiger partial charge in [0.25, 0.3) is 5.91 Å². The lowest BCUT2D eigenvalue weighted by atomic mass is 9.98. The van der Waals surface area contributed by atoms with Crippen molar-refractivity contribution in [3.63, 3.8) is 0 Å². The molecule has 0 saturated carbocycles. The molecule has 0 aliphatic heterocycles. The van der Waals surface area contributed by atoms with Gasteiger partial charge >= 0.3 is 12.1 Å². The highest BCUT2D eigenvalue weighted by Crippen LogP contribution is 2.44. The van der Waals surface area contributed by atoms with Crippen LogP contribution in [0.25, 0.3) is 11.1 Å². The molecule has 0 radical (unpaired) electrons. The first-order chi connectivity index (χ1) is 16.8. The quantitative estimate of drug-likeness (QED) is 0.502. The monoisotopic (exact) mass is 476 g/mol. The molecule has 3 aromatic rings. The Morgan fingerprint density at radius 3 is 2.20 bits per heavy atom. The van der Waals surface area contributed by atoms with Crippen molar-refractivity contribution < 1.29 is 28.6 Å². The Labute approximate surface area is 202 Å². The van der Waals surface area contributed by atoms with Crippen LogP contribution in [0.2, 0.25) is 0 Å². The molecule has 3 aromatic carbocycles. The smallest absolute Gasteiger partial charge is 0.411 e. The Balaban J connectivity index is 1.49. The molecule has 7 nitrogen and oxygen atoms in total. The number of hydrogen-bond donors (Lipinski definition) is 2. The van der Waals surface area contributed by atoms with E-state index in [0.29, 0.717) is 0 Å². The van der Waals surface area contributed by atoms with Crippen LogP contribution in [-0.4, -0.2) is 48.2 Å². The van der Waals surface area contributed by atoms with Gasteiger partial charge in [-0.2, -0.15) is 0 Å². The molecule has 1 unspecified atom stereocenters. The standard InChI is InChI=1S/C27H25FN2O5/c1-16(26(32)33)14-30(2)25(31)21-12-7-13-23(28)24(21)29-27(34)35-15-22-19-10-5-3-8-17(19)18-9-4-6-11-20(18)22/h3-13,16,22H,14-15H2,1-2H3,(H,29,34)(H,32,33). The van der Waals surface area contributed by atoms with E-state index in [4.69, 9.17) is 9.84 Å². The molecule has 0 bridgehead atoms. The van der Waals surface area contributed by atoms with Gasteiger partial charge in [0.05, 0.1) is 17.2 Å². The average Bonchev–Trinajstić information content (AvgIpc) is 3.17. The second kappa shape index (κ2) is 9.97. The second-order valence-corrected chi connectivity index (χ2v) is 8.54. The van der Waals surface area contributed by atoms with Crippen LogP contribution >= 0.6 is 0 Å². The summed E-state index contributed by atoms with van der Waals surface area (Å²) in [5, 5.41) is 11.5. The van der Waals surface area contributed by atoms with Gasteiger partial charge in [0, 0.05) is 19.5 Å². The predicted molar refractivity (Wildman–Crippen MR) is 129 cm³/mol. The van der Waals surface area contributed by atoms with E-state index in [0.717, 1.165) is 28.3 Å². The summed E-state index contributed by atoms with van der Waals surface area (Å²) < 4.78 is 20.1. The van der Waals surface area contributed by atoms with E-state index in [2.05, 4.69) is 5.32 Å². The van der Waals surface area contributed by atoms with Gasteiger partial charge in [0.2, 0.25) is 0 Å². The summed E-state index contributed by atoms with van der Waals surface area (Å²) in [6.07, 6.45) is -0.896. The molecule has 0 heterocycles. The van der Waals surface area contributed by atoms with Crippen molar-refractivity contribution in [2.45, 2.75) is 12.8 Å². The van der Waals surface area contributed by atoms with Crippen LogP contribution in [0.4, 0.5) is 14.9 Å². The van der Waals surface area contributed by atoms with Crippen LogP contribution in [0, 0.1) is 11.7 Å². The Bertz CT molecular complexity index is 1250. The molecular formula is C27H25FN2O5. The molecule has 180 valence electrons. The predicted octanol–water partition coefficient (Wildman–Crippen LogP) is 4.98. The van der Waals surface area contributed by atoms with Gasteiger partial charge in [-0.3, -0.25) is 14.9 Å². The molecule has 4 rings (SSSR count). The molecule has 2 N–H and O–H groups in total. The van der Waals surface area contributed by atoms with Gasteiger partial charge < -0.3 is 14.7 Å². The minimum absolute atomic E-state index is 0.0353. The largest absolute Gasteiger partial charge is 0.481 e. The molecule has 0 fully saturated rings. The van der Waals surface area contributed by atoms with E-state index in [1.54, 1.807) is 0 Å². The minimum Gasteiger partial charge on any atom is -0.481 e. The summed E-state index contributed by atoms with van der Waals surface area (Å²) in [7, 11) is 1.42. The Morgan fingerprint density at radius 2 is 1.60 bits per heavy atom. The number of nitrogens with one attached hydrogen (secondary N) is 1. The number of para-hydroxylation sites is 1. The maximum atomic E-state index is 14.6. The highest BCUT2D eigenvalue weighted by molar-refractivity contribution is 6.02. The summed E-state index contributed by atoms with van der Waals surface area (Å²) in [5.74, 6) is -3.45. The molecule has 1 aliphatic rings. The van der Waals surface area contributed by atoms with Crippen molar-refractivity contribution in [3.8, 4) is 11.1 Å². The topological polar surface area (TPSA) is 95.9 Å². The Morgan fingerprint density at radius 1 is 1.00 bits per heavy atom. The number of carbonyl (C=O) groups is 3. The van der Waals surface area contributed by atoms with E-state index in [1.807, 2.05) is 48.5 Å². The maximum Gasteiger partial charge on any atom is 0.411 e. The second-order valence-electron chi connectivity index (χ2n) is 8.54. The highest BCUT2D eigenvalue weighted by atomic mass is 19.1. The van der Waals surface area contributed by atoms with E-state index in [1.165, 1.54) is 31.0 Å². The van der Waals surface area contributed by atoms with Crippen LogP contribution < -0.4 is 5.32 Å². The van der Waals surface area contributed by atoms with Gasteiger partial charge in [0.1, 0.15) is 12.4 Å². The van der Waals surface area contributed by atoms with Crippen LogP contribution in [-0.2, 0) is 9.53 Å². The van der Waals surface area contributed by atoms with Gasteiger partial charge in [-0.05, 0) is 34.4 Å². The molecule has 0 saturated heterocycles. The molecule has 1 aliphatic carbocycles. The number of benzene rings is 3. The number of amides is 2. The lowest BCUT2D eigenvalue weighted by Gasteiger charge is -2.21. The molecule has 0 spiro atoms. The SMILES string of the molecule is CC(CN(C)C(=O)c1cccc(F)c1NC(=O)OCC1c2ccccc2-c2ccccc21)C(=O)O. The molecule has 2 amide bonds. The Kier molecular flexibility index (Phi) is 6.82. The number of carboxylic acid groups (broad SMARTS) is 1. The number of anilines is 1. The van der Waals surface area contributed by atoms with Crippen molar-refractivity contribution in [1.82, 2.24) is 4.90 Å². The number of carboxylic acids is 1. The molecule has 1 atom stereocenters. The van der Waals surface area contributed by atoms with Gasteiger partial charge in [-0.15, -0.1) is 0 Å². The first kappa shape index (κ1) is 23.9. The fourth-order valence-electron chi connectivity index (χ4n) is 4.34. The van der Waals surface area contributed by atoms with E-state index in [9.17, 15) is 18.8 Å². The molecular weight excluding hydrogens is 451 g/mol. The summed E-state index contributed by atoms with van der Waals surface area (Å²) in [6, 6.07) is 19.6. The van der Waals surface area contributed by atoms with Gasteiger partial charge in [-0.1, -0.05) is 61.5 Å². The zero-order chi connectivity index (χ0) is 25.1. The van der Waals surface area contributed by atoms with E-state index >= 15 is 0 Å². The van der Waals surface area contributed by atoms with Crippen LogP contribution in [0.15, 0.2) is 66.7 Å². The lowest BCUT2D eigenvalue weighted by molar-refractivity contribution is -0.141. The third-order valence-corrected chi connectivity index (χ3v) is 6.13. The zero-order valence-corrected chi connectivity index (χ0v) is 19.3. The number of rotatable bonds is 7. The van der Waals surface area contributed by atoms with E-state index < -0.39 is 29.7 Å². The van der Waals surface area contributed by atoms with Crippen LogP contribution in [0.5, 0.6) is 0 Å².